The van der Waals surface area contributed by atoms with E-state index in [0.717, 1.165) is 42.5 Å². The summed E-state index contributed by atoms with van der Waals surface area (Å²) >= 11 is 6.06. The van der Waals surface area contributed by atoms with E-state index in [2.05, 4.69) is 22.1 Å². The Hall–Kier alpha value is -2.27. The molecule has 3 rings (SSSR count). The van der Waals surface area contributed by atoms with Gasteiger partial charge < -0.3 is 15.1 Å². The average Bonchev–Trinajstić information content (AvgIpc) is 2.66. The number of hydrogen-bond donors (Lipinski definition) is 1. The molecule has 6 heteroatoms. The summed E-state index contributed by atoms with van der Waals surface area (Å²) in [6.07, 6.45) is 2.78. The van der Waals surface area contributed by atoms with Crippen molar-refractivity contribution < 1.29 is 4.79 Å². The van der Waals surface area contributed by atoms with Crippen LogP contribution in [0.1, 0.15) is 23.8 Å². The lowest BCUT2D eigenvalue weighted by atomic mass is 10.2. The highest BCUT2D eigenvalue weighted by molar-refractivity contribution is 6.30. The number of carbonyl (C=O) groups excluding carboxylic acids is 1. The number of hydrogen-bond acceptors (Lipinski definition) is 4. The van der Waals surface area contributed by atoms with Gasteiger partial charge in [0.25, 0.3) is 5.91 Å². The topological polar surface area (TPSA) is 48.5 Å². The van der Waals surface area contributed by atoms with E-state index >= 15 is 0 Å². The number of piperazine rings is 1. The van der Waals surface area contributed by atoms with Crippen LogP contribution in [0.5, 0.6) is 0 Å². The summed E-state index contributed by atoms with van der Waals surface area (Å²) in [6, 6.07) is 11.5. The summed E-state index contributed by atoms with van der Waals surface area (Å²) in [5.74, 6) is -0.00668. The summed E-state index contributed by atoms with van der Waals surface area (Å²) < 4.78 is 0. The van der Waals surface area contributed by atoms with E-state index in [1.54, 1.807) is 12.3 Å². The molecule has 1 amide bonds. The Morgan fingerprint density at radius 3 is 2.64 bits per heavy atom. The number of benzene rings is 1. The largest absolute Gasteiger partial charge is 0.384 e. The first-order valence-electron chi connectivity index (χ1n) is 8.67. The first kappa shape index (κ1) is 17.5. The van der Waals surface area contributed by atoms with Gasteiger partial charge in [0.05, 0.1) is 11.9 Å². The molecule has 2 heterocycles. The minimum Gasteiger partial charge on any atom is -0.384 e. The molecule has 1 N–H and O–H groups in total. The van der Waals surface area contributed by atoms with Crippen molar-refractivity contribution in [3.63, 3.8) is 0 Å². The molecule has 132 valence electrons. The molecular weight excluding hydrogens is 336 g/mol. The highest BCUT2D eigenvalue weighted by atomic mass is 35.5. The smallest absolute Gasteiger partial charge is 0.272 e. The van der Waals surface area contributed by atoms with Crippen LogP contribution < -0.4 is 10.2 Å². The van der Waals surface area contributed by atoms with Crippen molar-refractivity contribution in [2.45, 2.75) is 13.3 Å². The summed E-state index contributed by atoms with van der Waals surface area (Å²) in [4.78, 5) is 21.1. The van der Waals surface area contributed by atoms with E-state index in [0.29, 0.717) is 18.8 Å². The van der Waals surface area contributed by atoms with Gasteiger partial charge in [-0.15, -0.1) is 0 Å². The van der Waals surface area contributed by atoms with Crippen LogP contribution in [0.2, 0.25) is 5.02 Å². The monoisotopic (exact) mass is 358 g/mol. The zero-order chi connectivity index (χ0) is 17.6. The number of aromatic nitrogens is 1. The molecule has 1 aromatic heterocycles. The van der Waals surface area contributed by atoms with E-state index < -0.39 is 0 Å². The zero-order valence-electron chi connectivity index (χ0n) is 14.4. The summed E-state index contributed by atoms with van der Waals surface area (Å²) in [7, 11) is 0. The standard InChI is InChI=1S/C19H23ClN4O/c1-2-8-21-16-6-7-18(22-14-16)19(25)24-11-9-23(10-12-24)17-5-3-4-15(20)13-17/h3-7,13-14,21H,2,8-12H2,1H3. The van der Waals surface area contributed by atoms with Crippen molar-refractivity contribution in [3.05, 3.63) is 53.3 Å². The van der Waals surface area contributed by atoms with Gasteiger partial charge >= 0.3 is 0 Å². The number of halogens is 1. The second kappa shape index (κ2) is 8.21. The van der Waals surface area contributed by atoms with Crippen LogP contribution in [0.3, 0.4) is 0 Å². The third-order valence-electron chi connectivity index (χ3n) is 4.30. The molecule has 0 spiro atoms. The molecular formula is C19H23ClN4O. The minimum absolute atomic E-state index is 0.00668. The molecule has 0 radical (unpaired) electrons. The first-order chi connectivity index (χ1) is 12.2. The van der Waals surface area contributed by atoms with E-state index in [1.165, 1.54) is 0 Å². The van der Waals surface area contributed by atoms with Gasteiger partial charge in [-0.25, -0.2) is 4.98 Å². The molecule has 0 saturated carbocycles. The van der Waals surface area contributed by atoms with Crippen molar-refractivity contribution >= 4 is 28.9 Å². The maximum atomic E-state index is 12.6. The number of anilines is 2. The second-order valence-electron chi connectivity index (χ2n) is 6.12. The minimum atomic E-state index is -0.00668. The molecule has 1 saturated heterocycles. The molecule has 25 heavy (non-hydrogen) atoms. The van der Waals surface area contributed by atoms with Crippen molar-refractivity contribution in [2.24, 2.45) is 0 Å². The number of rotatable bonds is 5. The van der Waals surface area contributed by atoms with E-state index in [9.17, 15) is 4.79 Å². The predicted molar refractivity (Wildman–Crippen MR) is 103 cm³/mol. The van der Waals surface area contributed by atoms with Gasteiger partial charge in [0, 0.05) is 43.4 Å². The van der Waals surface area contributed by atoms with Crippen LogP contribution in [0, 0.1) is 0 Å². The Balaban J connectivity index is 1.58. The third kappa shape index (κ3) is 4.42. The lowest BCUT2D eigenvalue weighted by molar-refractivity contribution is 0.0741. The fraction of sp³-hybridized carbons (Fsp3) is 0.368. The molecule has 0 bridgehead atoms. The highest BCUT2D eigenvalue weighted by Gasteiger charge is 2.23. The van der Waals surface area contributed by atoms with Crippen LogP contribution in [0.25, 0.3) is 0 Å². The third-order valence-corrected chi connectivity index (χ3v) is 4.54. The molecule has 0 atom stereocenters. The molecule has 5 nitrogen and oxygen atoms in total. The zero-order valence-corrected chi connectivity index (χ0v) is 15.2. The van der Waals surface area contributed by atoms with Gasteiger partial charge in [0.2, 0.25) is 0 Å². The number of nitrogens with one attached hydrogen (secondary N) is 1. The van der Waals surface area contributed by atoms with Crippen molar-refractivity contribution in [2.75, 3.05) is 42.9 Å². The lowest BCUT2D eigenvalue weighted by Gasteiger charge is -2.36. The van der Waals surface area contributed by atoms with Crippen molar-refractivity contribution in [1.29, 1.82) is 0 Å². The van der Waals surface area contributed by atoms with Crippen LogP contribution in [-0.4, -0.2) is 48.5 Å². The lowest BCUT2D eigenvalue weighted by Crippen LogP contribution is -2.49. The highest BCUT2D eigenvalue weighted by Crippen LogP contribution is 2.21. The van der Waals surface area contributed by atoms with Crippen molar-refractivity contribution in [3.8, 4) is 0 Å². The molecule has 0 unspecified atom stereocenters. The van der Waals surface area contributed by atoms with E-state index in [-0.39, 0.29) is 5.91 Å². The van der Waals surface area contributed by atoms with Gasteiger partial charge in [-0.05, 0) is 36.8 Å². The van der Waals surface area contributed by atoms with Gasteiger partial charge in [0.15, 0.2) is 0 Å². The van der Waals surface area contributed by atoms with Gasteiger partial charge in [-0.1, -0.05) is 24.6 Å². The van der Waals surface area contributed by atoms with Crippen molar-refractivity contribution in [1.82, 2.24) is 9.88 Å². The fourth-order valence-corrected chi connectivity index (χ4v) is 3.08. The quantitative estimate of drug-likeness (QED) is 0.888. The van der Waals surface area contributed by atoms with Crippen LogP contribution in [-0.2, 0) is 0 Å². The van der Waals surface area contributed by atoms with Gasteiger partial charge in [0.1, 0.15) is 5.69 Å². The number of nitrogens with zero attached hydrogens (tertiary/aromatic N) is 3. The molecule has 0 aliphatic carbocycles. The molecule has 1 fully saturated rings. The predicted octanol–water partition coefficient (Wildman–Crippen LogP) is 3.52. The summed E-state index contributed by atoms with van der Waals surface area (Å²) in [5.41, 5.74) is 2.55. The maximum absolute atomic E-state index is 12.6. The Bertz CT molecular complexity index is 712. The fourth-order valence-electron chi connectivity index (χ4n) is 2.90. The molecule has 1 aliphatic rings. The summed E-state index contributed by atoms with van der Waals surface area (Å²) in [5, 5.41) is 4.00. The van der Waals surface area contributed by atoms with Crippen LogP contribution in [0.15, 0.2) is 42.6 Å². The normalized spacial score (nSPS) is 14.5. The Morgan fingerprint density at radius 1 is 1.20 bits per heavy atom. The number of carbonyl (C=O) groups is 1. The number of amides is 1. The molecule has 1 aliphatic heterocycles. The van der Waals surface area contributed by atoms with Crippen LogP contribution >= 0.6 is 11.6 Å². The molecule has 2 aromatic rings. The first-order valence-corrected chi connectivity index (χ1v) is 9.05. The molecule has 1 aromatic carbocycles. The SMILES string of the molecule is CCCNc1ccc(C(=O)N2CCN(c3cccc(Cl)c3)CC2)nc1. The second-order valence-corrected chi connectivity index (χ2v) is 6.55. The Labute approximate surface area is 153 Å². The average molecular weight is 359 g/mol. The van der Waals surface area contributed by atoms with E-state index in [4.69, 9.17) is 11.6 Å². The van der Waals surface area contributed by atoms with Gasteiger partial charge in [-0.2, -0.15) is 0 Å². The Kier molecular flexibility index (Phi) is 5.76. The maximum Gasteiger partial charge on any atom is 0.272 e. The van der Waals surface area contributed by atoms with Gasteiger partial charge in [-0.3, -0.25) is 4.79 Å². The number of pyridine rings is 1. The Morgan fingerprint density at radius 2 is 2.00 bits per heavy atom. The van der Waals surface area contributed by atoms with E-state index in [1.807, 2.05) is 35.2 Å². The summed E-state index contributed by atoms with van der Waals surface area (Å²) in [6.45, 7) is 5.97. The van der Waals surface area contributed by atoms with Crippen LogP contribution in [0.4, 0.5) is 11.4 Å².